The van der Waals surface area contributed by atoms with Gasteiger partial charge in [-0.3, -0.25) is 9.59 Å². The number of nitrogens with one attached hydrogen (secondary N) is 2. The Bertz CT molecular complexity index is 1180. The molecule has 0 unspecified atom stereocenters. The molecular formula is C30H28Cl2N2O2. The highest BCUT2D eigenvalue weighted by Crippen LogP contribution is 2.18. The number of benzene rings is 4. The lowest BCUT2D eigenvalue weighted by Gasteiger charge is -2.14. The molecule has 4 aromatic rings. The van der Waals surface area contributed by atoms with Gasteiger partial charge in [0.05, 0.1) is 33.3 Å². The lowest BCUT2D eigenvalue weighted by atomic mass is 10.1. The van der Waals surface area contributed by atoms with Crippen LogP contribution in [0.4, 0.5) is 0 Å². The van der Waals surface area contributed by atoms with Crippen molar-refractivity contribution in [3.05, 3.63) is 141 Å². The number of carbonyl (C=O) groups is 2. The fourth-order valence-electron chi connectivity index (χ4n) is 3.49. The summed E-state index contributed by atoms with van der Waals surface area (Å²) in [5.74, 6) is -0.311. The molecule has 2 N–H and O–H groups in total. The minimum atomic E-state index is -0.156. The van der Waals surface area contributed by atoms with Crippen LogP contribution in [-0.2, 0) is 0 Å². The molecule has 0 aliphatic carbocycles. The Kier molecular flexibility index (Phi) is 10.1. The summed E-state index contributed by atoms with van der Waals surface area (Å²) in [5.41, 5.74) is 3.14. The summed E-state index contributed by atoms with van der Waals surface area (Å²) in [6, 6.07) is 33.6. The van der Waals surface area contributed by atoms with Crippen molar-refractivity contribution in [1.29, 1.82) is 0 Å². The van der Waals surface area contributed by atoms with Crippen LogP contribution in [0.25, 0.3) is 0 Å². The van der Waals surface area contributed by atoms with E-state index in [0.717, 1.165) is 11.1 Å². The fraction of sp³-hybridized carbons (Fsp3) is 0.133. The van der Waals surface area contributed by atoms with Gasteiger partial charge < -0.3 is 10.6 Å². The van der Waals surface area contributed by atoms with Gasteiger partial charge in [0.1, 0.15) is 0 Å². The van der Waals surface area contributed by atoms with Gasteiger partial charge in [-0.1, -0.05) is 108 Å². The number of amides is 2. The molecule has 0 heterocycles. The normalized spacial score (nSPS) is 11.9. The van der Waals surface area contributed by atoms with Crippen molar-refractivity contribution >= 4 is 35.0 Å². The summed E-state index contributed by atoms with van der Waals surface area (Å²) in [6.07, 6.45) is 0. The topological polar surface area (TPSA) is 58.2 Å². The first-order valence-electron chi connectivity index (χ1n) is 11.6. The standard InChI is InChI=1S/2C15H14ClNO/c2*1-11(12-7-3-2-4-8-12)17-15(18)13-9-5-6-10-14(13)16/h2*2-11H,1H3,(H,17,18)/t2*11-/m11/s1. The second-order valence-electron chi connectivity index (χ2n) is 8.17. The predicted molar refractivity (Wildman–Crippen MR) is 148 cm³/mol. The van der Waals surface area contributed by atoms with Crippen LogP contribution in [0, 0.1) is 0 Å². The zero-order valence-electron chi connectivity index (χ0n) is 20.1. The minimum absolute atomic E-state index is 0.0463. The Morgan fingerprint density at radius 1 is 0.528 bits per heavy atom. The molecule has 6 heteroatoms. The molecule has 0 saturated carbocycles. The van der Waals surface area contributed by atoms with E-state index in [1.54, 1.807) is 48.5 Å². The molecule has 0 aliphatic heterocycles. The van der Waals surface area contributed by atoms with Crippen molar-refractivity contribution in [3.8, 4) is 0 Å². The van der Waals surface area contributed by atoms with Crippen LogP contribution in [0.15, 0.2) is 109 Å². The maximum Gasteiger partial charge on any atom is 0.253 e. The average molecular weight is 519 g/mol. The van der Waals surface area contributed by atoms with Gasteiger partial charge in [0.2, 0.25) is 0 Å². The molecule has 0 aromatic heterocycles. The van der Waals surface area contributed by atoms with Crippen LogP contribution in [0.3, 0.4) is 0 Å². The summed E-state index contributed by atoms with van der Waals surface area (Å²) in [4.78, 5) is 24.1. The molecule has 4 rings (SSSR count). The first kappa shape index (κ1) is 27.0. The zero-order chi connectivity index (χ0) is 25.9. The van der Waals surface area contributed by atoms with E-state index in [-0.39, 0.29) is 23.9 Å². The summed E-state index contributed by atoms with van der Waals surface area (Å²) < 4.78 is 0. The first-order chi connectivity index (χ1) is 17.4. The fourth-order valence-corrected chi connectivity index (χ4v) is 3.93. The number of rotatable bonds is 6. The van der Waals surface area contributed by atoms with E-state index in [1.165, 1.54) is 0 Å². The summed E-state index contributed by atoms with van der Waals surface area (Å²) >= 11 is 12.0. The van der Waals surface area contributed by atoms with Crippen LogP contribution in [0.1, 0.15) is 57.8 Å². The van der Waals surface area contributed by atoms with E-state index in [0.29, 0.717) is 21.2 Å². The SMILES string of the molecule is C[C@@H](NC(=O)c1ccccc1Cl)c1ccccc1.C[C@@H](NC(=O)c1ccccc1Cl)c1ccccc1. The van der Waals surface area contributed by atoms with E-state index in [9.17, 15) is 9.59 Å². The van der Waals surface area contributed by atoms with Gasteiger partial charge in [0, 0.05) is 0 Å². The number of hydrogen-bond donors (Lipinski definition) is 2. The highest BCUT2D eigenvalue weighted by atomic mass is 35.5. The van der Waals surface area contributed by atoms with Gasteiger partial charge >= 0.3 is 0 Å². The molecule has 2 amide bonds. The van der Waals surface area contributed by atoms with Crippen LogP contribution in [0.2, 0.25) is 10.0 Å². The van der Waals surface area contributed by atoms with E-state index in [2.05, 4.69) is 10.6 Å². The average Bonchev–Trinajstić information content (AvgIpc) is 2.90. The molecule has 0 bridgehead atoms. The van der Waals surface area contributed by atoms with E-state index in [1.807, 2.05) is 74.5 Å². The van der Waals surface area contributed by atoms with Gasteiger partial charge in [-0.05, 0) is 49.2 Å². The van der Waals surface area contributed by atoms with Crippen molar-refractivity contribution < 1.29 is 9.59 Å². The van der Waals surface area contributed by atoms with Crippen LogP contribution >= 0.6 is 23.2 Å². The zero-order valence-corrected chi connectivity index (χ0v) is 21.6. The van der Waals surface area contributed by atoms with Gasteiger partial charge in [-0.15, -0.1) is 0 Å². The van der Waals surface area contributed by atoms with E-state index in [4.69, 9.17) is 23.2 Å². The second-order valence-corrected chi connectivity index (χ2v) is 8.99. The third-order valence-corrected chi connectivity index (χ3v) is 6.19. The van der Waals surface area contributed by atoms with Crippen LogP contribution < -0.4 is 10.6 Å². The molecule has 4 aromatic carbocycles. The van der Waals surface area contributed by atoms with Gasteiger partial charge in [-0.25, -0.2) is 0 Å². The Hall–Kier alpha value is -3.60. The van der Waals surface area contributed by atoms with Crippen molar-refractivity contribution in [1.82, 2.24) is 10.6 Å². The molecule has 2 atom stereocenters. The molecule has 0 spiro atoms. The Labute approximate surface area is 222 Å². The van der Waals surface area contributed by atoms with Gasteiger partial charge in [0.25, 0.3) is 11.8 Å². The molecular weight excluding hydrogens is 491 g/mol. The second kappa shape index (κ2) is 13.5. The van der Waals surface area contributed by atoms with Crippen LogP contribution in [0.5, 0.6) is 0 Å². The molecule has 0 aliphatic rings. The number of carbonyl (C=O) groups excluding carboxylic acids is 2. The van der Waals surface area contributed by atoms with E-state index < -0.39 is 0 Å². The third-order valence-electron chi connectivity index (χ3n) is 5.53. The molecule has 0 fully saturated rings. The highest BCUT2D eigenvalue weighted by Gasteiger charge is 2.14. The van der Waals surface area contributed by atoms with Crippen molar-refractivity contribution in [3.63, 3.8) is 0 Å². The largest absolute Gasteiger partial charge is 0.345 e. The molecule has 0 saturated heterocycles. The van der Waals surface area contributed by atoms with Gasteiger partial charge in [0.15, 0.2) is 0 Å². The smallest absolute Gasteiger partial charge is 0.253 e. The predicted octanol–water partition coefficient (Wildman–Crippen LogP) is 7.66. The lowest BCUT2D eigenvalue weighted by molar-refractivity contribution is 0.0931. The maximum absolute atomic E-state index is 12.1. The van der Waals surface area contributed by atoms with Crippen LogP contribution in [-0.4, -0.2) is 11.8 Å². The summed E-state index contributed by atoms with van der Waals surface area (Å²) in [5, 5.41) is 6.80. The first-order valence-corrected chi connectivity index (χ1v) is 12.3. The maximum atomic E-state index is 12.1. The van der Waals surface area contributed by atoms with Crippen molar-refractivity contribution in [2.45, 2.75) is 25.9 Å². The Morgan fingerprint density at radius 2 is 0.833 bits per heavy atom. The van der Waals surface area contributed by atoms with Crippen molar-refractivity contribution in [2.24, 2.45) is 0 Å². The Morgan fingerprint density at radius 3 is 1.17 bits per heavy atom. The third kappa shape index (κ3) is 7.70. The quantitative estimate of drug-likeness (QED) is 0.275. The molecule has 4 nitrogen and oxygen atoms in total. The number of hydrogen-bond acceptors (Lipinski definition) is 2. The summed E-state index contributed by atoms with van der Waals surface area (Å²) in [6.45, 7) is 3.90. The molecule has 0 radical (unpaired) electrons. The van der Waals surface area contributed by atoms with Crippen molar-refractivity contribution in [2.75, 3.05) is 0 Å². The summed E-state index contributed by atoms with van der Waals surface area (Å²) in [7, 11) is 0. The molecule has 36 heavy (non-hydrogen) atoms. The minimum Gasteiger partial charge on any atom is -0.345 e. The number of halogens is 2. The molecule has 184 valence electrons. The monoisotopic (exact) mass is 518 g/mol. The van der Waals surface area contributed by atoms with Gasteiger partial charge in [-0.2, -0.15) is 0 Å². The Balaban J connectivity index is 0.000000201. The highest BCUT2D eigenvalue weighted by molar-refractivity contribution is 6.34. The lowest BCUT2D eigenvalue weighted by Crippen LogP contribution is -2.26. The van der Waals surface area contributed by atoms with E-state index >= 15 is 0 Å².